The molecular formula is C13H18ClN. The van der Waals surface area contributed by atoms with E-state index >= 15 is 0 Å². The minimum Gasteiger partial charge on any atom is -0.325 e. The Hall–Kier alpha value is -0.530. The van der Waals surface area contributed by atoms with Gasteiger partial charge in [-0.3, -0.25) is 0 Å². The normalized spacial score (nSPS) is 21.2. The maximum Gasteiger partial charge on any atom is 0.0408 e. The molecule has 0 heterocycles. The number of rotatable bonds is 1. The molecule has 0 fully saturated rings. The zero-order valence-electron chi connectivity index (χ0n) is 9.39. The van der Waals surface area contributed by atoms with Crippen LogP contribution in [0.3, 0.4) is 0 Å². The van der Waals surface area contributed by atoms with E-state index in [2.05, 4.69) is 26.0 Å². The molecule has 1 aromatic carbocycles. The molecule has 82 valence electrons. The topological polar surface area (TPSA) is 26.0 Å². The monoisotopic (exact) mass is 223 g/mol. The van der Waals surface area contributed by atoms with Crippen LogP contribution in [-0.4, -0.2) is 5.54 Å². The summed E-state index contributed by atoms with van der Waals surface area (Å²) < 4.78 is 0. The molecule has 0 aliphatic heterocycles. The van der Waals surface area contributed by atoms with E-state index in [-0.39, 0.29) is 5.54 Å². The quantitative estimate of drug-likeness (QED) is 0.778. The lowest BCUT2D eigenvalue weighted by Gasteiger charge is -2.34. The van der Waals surface area contributed by atoms with E-state index in [9.17, 15) is 0 Å². The van der Waals surface area contributed by atoms with E-state index in [1.807, 2.05) is 6.07 Å². The Bertz CT molecular complexity index is 365. The van der Waals surface area contributed by atoms with Crippen molar-refractivity contribution >= 4 is 11.6 Å². The first-order valence-electron chi connectivity index (χ1n) is 5.53. The van der Waals surface area contributed by atoms with Crippen LogP contribution in [0.25, 0.3) is 0 Å². The molecule has 15 heavy (non-hydrogen) atoms. The Morgan fingerprint density at radius 1 is 1.33 bits per heavy atom. The number of hydrogen-bond donors (Lipinski definition) is 1. The minimum absolute atomic E-state index is 0.0833. The highest BCUT2D eigenvalue weighted by Crippen LogP contribution is 2.32. The predicted octanol–water partition coefficient (Wildman–Crippen LogP) is 3.18. The van der Waals surface area contributed by atoms with Crippen LogP contribution in [0.15, 0.2) is 18.2 Å². The van der Waals surface area contributed by atoms with Crippen LogP contribution in [0, 0.1) is 5.92 Å². The molecular weight excluding hydrogens is 206 g/mol. The average Bonchev–Trinajstić information content (AvgIpc) is 2.15. The van der Waals surface area contributed by atoms with Crippen LogP contribution in [0.4, 0.5) is 0 Å². The van der Waals surface area contributed by atoms with Gasteiger partial charge in [0.25, 0.3) is 0 Å². The van der Waals surface area contributed by atoms with Gasteiger partial charge in [-0.25, -0.2) is 0 Å². The molecule has 1 aliphatic carbocycles. The molecule has 0 saturated heterocycles. The molecule has 0 radical (unpaired) electrons. The van der Waals surface area contributed by atoms with Crippen molar-refractivity contribution in [3.63, 3.8) is 0 Å². The zero-order chi connectivity index (χ0) is 11.1. The number of hydrogen-bond acceptors (Lipinski definition) is 1. The van der Waals surface area contributed by atoms with Gasteiger partial charge in [-0.1, -0.05) is 17.7 Å². The second kappa shape index (κ2) is 3.80. The maximum absolute atomic E-state index is 6.17. The first kappa shape index (κ1) is 11.0. The van der Waals surface area contributed by atoms with Crippen molar-refractivity contribution in [3.05, 3.63) is 34.3 Å². The third-order valence-electron chi connectivity index (χ3n) is 3.45. The summed E-state index contributed by atoms with van der Waals surface area (Å²) in [4.78, 5) is 0. The van der Waals surface area contributed by atoms with Gasteiger partial charge in [0.15, 0.2) is 0 Å². The summed E-state index contributed by atoms with van der Waals surface area (Å²) >= 11 is 6.01. The fraction of sp³-hybridized carbons (Fsp3) is 0.538. The molecule has 1 aromatic rings. The Morgan fingerprint density at radius 2 is 2.07 bits per heavy atom. The minimum atomic E-state index is -0.0833. The third kappa shape index (κ3) is 2.35. The third-order valence-corrected chi connectivity index (χ3v) is 3.68. The molecule has 1 aliphatic rings. The number of halogens is 1. The standard InChI is InChI=1S/C13H18ClN/c1-13(2,15)11-5-3-9-4-6-12(14)8-10(9)7-11/h4,6,8,11H,3,5,7,15H2,1-2H3. The fourth-order valence-electron chi connectivity index (χ4n) is 2.36. The van der Waals surface area contributed by atoms with Crippen molar-refractivity contribution < 1.29 is 0 Å². The van der Waals surface area contributed by atoms with Crippen molar-refractivity contribution in [3.8, 4) is 0 Å². The van der Waals surface area contributed by atoms with Gasteiger partial charge in [0, 0.05) is 10.6 Å². The fourth-order valence-corrected chi connectivity index (χ4v) is 2.56. The summed E-state index contributed by atoms with van der Waals surface area (Å²) in [6.45, 7) is 4.24. The Kier molecular flexibility index (Phi) is 2.78. The van der Waals surface area contributed by atoms with E-state index in [1.165, 1.54) is 17.5 Å². The van der Waals surface area contributed by atoms with Crippen molar-refractivity contribution in [1.82, 2.24) is 0 Å². The second-order valence-corrected chi connectivity index (χ2v) is 5.61. The molecule has 1 unspecified atom stereocenters. The van der Waals surface area contributed by atoms with E-state index < -0.39 is 0 Å². The van der Waals surface area contributed by atoms with Crippen molar-refractivity contribution in [2.75, 3.05) is 0 Å². The first-order valence-corrected chi connectivity index (χ1v) is 5.91. The van der Waals surface area contributed by atoms with Crippen LogP contribution in [0.5, 0.6) is 0 Å². The molecule has 0 saturated carbocycles. The molecule has 1 nitrogen and oxygen atoms in total. The zero-order valence-corrected chi connectivity index (χ0v) is 10.1. The van der Waals surface area contributed by atoms with Gasteiger partial charge in [-0.2, -0.15) is 0 Å². The van der Waals surface area contributed by atoms with E-state index in [4.69, 9.17) is 17.3 Å². The van der Waals surface area contributed by atoms with Crippen molar-refractivity contribution in [2.45, 2.75) is 38.6 Å². The van der Waals surface area contributed by atoms with Crippen LogP contribution in [-0.2, 0) is 12.8 Å². The summed E-state index contributed by atoms with van der Waals surface area (Å²) in [6, 6.07) is 6.22. The van der Waals surface area contributed by atoms with Gasteiger partial charge < -0.3 is 5.73 Å². The van der Waals surface area contributed by atoms with Gasteiger partial charge >= 0.3 is 0 Å². The van der Waals surface area contributed by atoms with E-state index in [0.717, 1.165) is 17.9 Å². The maximum atomic E-state index is 6.17. The highest BCUT2D eigenvalue weighted by atomic mass is 35.5. The lowest BCUT2D eigenvalue weighted by molar-refractivity contribution is 0.288. The van der Waals surface area contributed by atoms with E-state index in [1.54, 1.807) is 0 Å². The molecule has 2 heteroatoms. The van der Waals surface area contributed by atoms with Gasteiger partial charge in [0.2, 0.25) is 0 Å². The largest absolute Gasteiger partial charge is 0.325 e. The summed E-state index contributed by atoms with van der Waals surface area (Å²) in [5.74, 6) is 0.573. The molecule has 0 bridgehead atoms. The van der Waals surface area contributed by atoms with Gasteiger partial charge in [-0.05, 0) is 62.3 Å². The van der Waals surface area contributed by atoms with Crippen LogP contribution in [0.2, 0.25) is 5.02 Å². The summed E-state index contributed by atoms with van der Waals surface area (Å²) in [5.41, 5.74) is 8.92. The second-order valence-electron chi connectivity index (χ2n) is 5.17. The summed E-state index contributed by atoms with van der Waals surface area (Å²) in [7, 11) is 0. The summed E-state index contributed by atoms with van der Waals surface area (Å²) in [6.07, 6.45) is 3.40. The van der Waals surface area contributed by atoms with Crippen molar-refractivity contribution in [1.29, 1.82) is 0 Å². The Balaban J connectivity index is 2.26. The van der Waals surface area contributed by atoms with Crippen molar-refractivity contribution in [2.24, 2.45) is 11.7 Å². The van der Waals surface area contributed by atoms with Gasteiger partial charge in [-0.15, -0.1) is 0 Å². The van der Waals surface area contributed by atoms with E-state index in [0.29, 0.717) is 5.92 Å². The molecule has 0 aromatic heterocycles. The Labute approximate surface area is 96.6 Å². The van der Waals surface area contributed by atoms with Gasteiger partial charge in [0.05, 0.1) is 0 Å². The van der Waals surface area contributed by atoms with Crippen LogP contribution in [0.1, 0.15) is 31.4 Å². The molecule has 2 N–H and O–H groups in total. The number of benzene rings is 1. The Morgan fingerprint density at radius 3 is 2.73 bits per heavy atom. The first-order chi connectivity index (χ1) is 6.97. The molecule has 1 atom stereocenters. The number of fused-ring (bicyclic) bond motifs is 1. The number of nitrogens with two attached hydrogens (primary N) is 1. The number of aryl methyl sites for hydroxylation is 1. The highest BCUT2D eigenvalue weighted by molar-refractivity contribution is 6.30. The lowest BCUT2D eigenvalue weighted by atomic mass is 9.75. The molecule has 2 rings (SSSR count). The van der Waals surface area contributed by atoms with Crippen LogP contribution < -0.4 is 5.73 Å². The smallest absolute Gasteiger partial charge is 0.0408 e. The van der Waals surface area contributed by atoms with Crippen LogP contribution >= 0.6 is 11.6 Å². The molecule has 0 amide bonds. The molecule has 0 spiro atoms. The predicted molar refractivity (Wildman–Crippen MR) is 65.2 cm³/mol. The SMILES string of the molecule is CC(C)(N)C1CCc2ccc(Cl)cc2C1. The van der Waals surface area contributed by atoms with Gasteiger partial charge in [0.1, 0.15) is 0 Å². The lowest BCUT2D eigenvalue weighted by Crippen LogP contribution is -2.43. The average molecular weight is 224 g/mol. The summed E-state index contributed by atoms with van der Waals surface area (Å²) in [5, 5.41) is 0.837. The highest BCUT2D eigenvalue weighted by Gasteiger charge is 2.28.